The second-order valence-corrected chi connectivity index (χ2v) is 5.90. The topological polar surface area (TPSA) is 51.7 Å². The number of hydrogen-bond donors (Lipinski definition) is 0. The molecule has 1 fully saturated rings. The maximum atomic E-state index is 12.5. The molecule has 0 unspecified atom stereocenters. The lowest BCUT2D eigenvalue weighted by atomic mass is 10.0. The van der Waals surface area contributed by atoms with Crippen molar-refractivity contribution in [3.8, 4) is 0 Å². The lowest BCUT2D eigenvalue weighted by Crippen LogP contribution is -2.55. The van der Waals surface area contributed by atoms with Gasteiger partial charge in [-0.3, -0.25) is 4.79 Å². The summed E-state index contributed by atoms with van der Waals surface area (Å²) < 4.78 is 11.0. The zero-order valence-electron chi connectivity index (χ0n) is 11.9. The minimum Gasteiger partial charge on any atom is -0.382 e. The summed E-state index contributed by atoms with van der Waals surface area (Å²) >= 11 is 5.84. The van der Waals surface area contributed by atoms with Crippen molar-refractivity contribution in [1.82, 2.24) is 9.88 Å². The Morgan fingerprint density at radius 1 is 1.65 bits per heavy atom. The van der Waals surface area contributed by atoms with Crippen LogP contribution in [0, 0.1) is 0 Å². The van der Waals surface area contributed by atoms with E-state index in [0.717, 1.165) is 0 Å². The molecule has 0 N–H and O–H groups in total. The molecule has 1 atom stereocenters. The van der Waals surface area contributed by atoms with E-state index in [9.17, 15) is 4.79 Å². The summed E-state index contributed by atoms with van der Waals surface area (Å²) in [4.78, 5) is 18.2. The minimum atomic E-state index is -0.395. The molecule has 1 aromatic heterocycles. The summed E-state index contributed by atoms with van der Waals surface area (Å²) in [5.74, 6) is -0.0632. The fourth-order valence-corrected chi connectivity index (χ4v) is 2.62. The number of nitrogens with zero attached hydrogens (tertiary/aromatic N) is 2. The predicted octanol–water partition coefficient (Wildman–Crippen LogP) is 2.00. The third kappa shape index (κ3) is 3.69. The number of halogens is 1. The van der Waals surface area contributed by atoms with Gasteiger partial charge in [-0.2, -0.15) is 0 Å². The van der Waals surface area contributed by atoms with Gasteiger partial charge in [-0.25, -0.2) is 4.98 Å². The standard InChI is InChI=1S/C14H19ClN2O3/c1-14(2)9-17(7-11(20-14)8-19-3)13(18)10-4-5-16-12(15)6-10/h4-6,11H,7-9H2,1-3H3/t11-/m0/s1. The summed E-state index contributed by atoms with van der Waals surface area (Å²) in [7, 11) is 1.62. The molecule has 2 heterocycles. The molecule has 1 aliphatic heterocycles. The summed E-state index contributed by atoms with van der Waals surface area (Å²) in [5.41, 5.74) is 0.146. The van der Waals surface area contributed by atoms with Gasteiger partial charge in [0.15, 0.2) is 0 Å². The van der Waals surface area contributed by atoms with E-state index in [1.165, 1.54) is 6.20 Å². The number of aromatic nitrogens is 1. The summed E-state index contributed by atoms with van der Waals surface area (Å²) in [6.07, 6.45) is 1.42. The monoisotopic (exact) mass is 298 g/mol. The summed E-state index contributed by atoms with van der Waals surface area (Å²) in [6.45, 7) is 5.44. The average Bonchev–Trinajstić information content (AvgIpc) is 2.36. The van der Waals surface area contributed by atoms with Gasteiger partial charge in [0.05, 0.1) is 18.3 Å². The molecule has 0 spiro atoms. The third-order valence-electron chi connectivity index (χ3n) is 3.09. The lowest BCUT2D eigenvalue weighted by molar-refractivity contribution is -0.143. The van der Waals surface area contributed by atoms with Crippen LogP contribution < -0.4 is 0 Å². The number of rotatable bonds is 3. The van der Waals surface area contributed by atoms with Crippen LogP contribution in [0.4, 0.5) is 0 Å². The Bertz CT molecular complexity index is 493. The first kappa shape index (κ1) is 15.2. The molecule has 2 rings (SSSR count). The molecule has 1 aromatic rings. The van der Waals surface area contributed by atoms with E-state index >= 15 is 0 Å². The van der Waals surface area contributed by atoms with Crippen molar-refractivity contribution in [3.05, 3.63) is 29.0 Å². The fourth-order valence-electron chi connectivity index (χ4n) is 2.44. The number of carbonyl (C=O) groups is 1. The quantitative estimate of drug-likeness (QED) is 0.801. The SMILES string of the molecule is COC[C@@H]1CN(C(=O)c2ccnc(Cl)c2)CC(C)(C)O1. The number of methoxy groups -OCH3 is 1. The van der Waals surface area contributed by atoms with Crippen molar-refractivity contribution in [1.29, 1.82) is 0 Å². The van der Waals surface area contributed by atoms with Crippen molar-refractivity contribution in [2.24, 2.45) is 0 Å². The minimum absolute atomic E-state index is 0.0632. The normalized spacial score (nSPS) is 21.8. The summed E-state index contributed by atoms with van der Waals surface area (Å²) in [5, 5.41) is 0.316. The van der Waals surface area contributed by atoms with Crippen molar-refractivity contribution in [3.63, 3.8) is 0 Å². The fraction of sp³-hybridized carbons (Fsp3) is 0.571. The van der Waals surface area contributed by atoms with E-state index in [0.29, 0.717) is 30.4 Å². The van der Waals surface area contributed by atoms with Crippen molar-refractivity contribution >= 4 is 17.5 Å². The largest absolute Gasteiger partial charge is 0.382 e. The molecule has 6 heteroatoms. The molecule has 0 aromatic carbocycles. The van der Waals surface area contributed by atoms with Gasteiger partial charge < -0.3 is 14.4 Å². The van der Waals surface area contributed by atoms with Gasteiger partial charge in [0.1, 0.15) is 5.15 Å². The van der Waals surface area contributed by atoms with Crippen LogP contribution in [-0.4, -0.2) is 54.3 Å². The van der Waals surface area contributed by atoms with Crippen molar-refractivity contribution in [2.75, 3.05) is 26.8 Å². The van der Waals surface area contributed by atoms with E-state index in [1.54, 1.807) is 24.1 Å². The van der Waals surface area contributed by atoms with Crippen LogP contribution in [0.1, 0.15) is 24.2 Å². The first-order valence-corrected chi connectivity index (χ1v) is 6.87. The highest BCUT2D eigenvalue weighted by Crippen LogP contribution is 2.23. The van der Waals surface area contributed by atoms with Crippen LogP contribution in [-0.2, 0) is 9.47 Å². The number of amides is 1. The Balaban J connectivity index is 2.16. The number of carbonyl (C=O) groups excluding carboxylic acids is 1. The van der Waals surface area contributed by atoms with Crippen LogP contribution in [0.2, 0.25) is 5.15 Å². The molecule has 0 bridgehead atoms. The molecule has 1 aliphatic rings. The number of hydrogen-bond acceptors (Lipinski definition) is 4. The summed E-state index contributed by atoms with van der Waals surface area (Å²) in [6, 6.07) is 3.25. The molecule has 0 aliphatic carbocycles. The van der Waals surface area contributed by atoms with E-state index in [2.05, 4.69) is 4.98 Å². The molecule has 1 saturated heterocycles. The second kappa shape index (κ2) is 6.08. The maximum Gasteiger partial charge on any atom is 0.254 e. The van der Waals surface area contributed by atoms with Gasteiger partial charge in [0.25, 0.3) is 5.91 Å². The maximum absolute atomic E-state index is 12.5. The number of ether oxygens (including phenoxy) is 2. The third-order valence-corrected chi connectivity index (χ3v) is 3.30. The van der Waals surface area contributed by atoms with E-state index in [4.69, 9.17) is 21.1 Å². The predicted molar refractivity (Wildman–Crippen MR) is 76.0 cm³/mol. The van der Waals surface area contributed by atoms with Crippen LogP contribution in [0.5, 0.6) is 0 Å². The highest BCUT2D eigenvalue weighted by atomic mass is 35.5. The lowest BCUT2D eigenvalue weighted by Gasteiger charge is -2.42. The zero-order chi connectivity index (χ0) is 14.8. The highest BCUT2D eigenvalue weighted by molar-refractivity contribution is 6.29. The Morgan fingerprint density at radius 3 is 3.05 bits per heavy atom. The van der Waals surface area contributed by atoms with E-state index in [-0.39, 0.29) is 12.0 Å². The van der Waals surface area contributed by atoms with Crippen molar-refractivity contribution < 1.29 is 14.3 Å². The van der Waals surface area contributed by atoms with Gasteiger partial charge in [0, 0.05) is 32.0 Å². The van der Waals surface area contributed by atoms with Gasteiger partial charge in [0.2, 0.25) is 0 Å². The van der Waals surface area contributed by atoms with Crippen LogP contribution in [0.25, 0.3) is 0 Å². The smallest absolute Gasteiger partial charge is 0.254 e. The Morgan fingerprint density at radius 2 is 2.40 bits per heavy atom. The zero-order valence-corrected chi connectivity index (χ0v) is 12.7. The van der Waals surface area contributed by atoms with Gasteiger partial charge in [-0.1, -0.05) is 11.6 Å². The number of pyridine rings is 1. The molecule has 20 heavy (non-hydrogen) atoms. The second-order valence-electron chi connectivity index (χ2n) is 5.51. The molecular weight excluding hydrogens is 280 g/mol. The van der Waals surface area contributed by atoms with Crippen LogP contribution >= 0.6 is 11.6 Å². The Kier molecular flexibility index (Phi) is 4.62. The van der Waals surface area contributed by atoms with E-state index < -0.39 is 5.60 Å². The molecule has 0 radical (unpaired) electrons. The van der Waals surface area contributed by atoms with E-state index in [1.807, 2.05) is 13.8 Å². The molecule has 110 valence electrons. The number of morpholine rings is 1. The first-order valence-electron chi connectivity index (χ1n) is 6.49. The van der Waals surface area contributed by atoms with Gasteiger partial charge in [-0.05, 0) is 26.0 Å². The molecule has 0 saturated carbocycles. The molecular formula is C14H19ClN2O3. The van der Waals surface area contributed by atoms with Crippen LogP contribution in [0.15, 0.2) is 18.3 Å². The molecule has 5 nitrogen and oxygen atoms in total. The Hall–Kier alpha value is -1.17. The molecule has 1 amide bonds. The Labute approximate surface area is 123 Å². The highest BCUT2D eigenvalue weighted by Gasteiger charge is 2.35. The first-order chi connectivity index (χ1) is 9.41. The van der Waals surface area contributed by atoms with Gasteiger partial charge >= 0.3 is 0 Å². The van der Waals surface area contributed by atoms with Crippen molar-refractivity contribution in [2.45, 2.75) is 25.6 Å². The van der Waals surface area contributed by atoms with Gasteiger partial charge in [-0.15, -0.1) is 0 Å². The average molecular weight is 299 g/mol. The van der Waals surface area contributed by atoms with Crippen LogP contribution in [0.3, 0.4) is 0 Å².